The van der Waals surface area contributed by atoms with E-state index in [4.69, 9.17) is 10.00 Å². The summed E-state index contributed by atoms with van der Waals surface area (Å²) < 4.78 is 5.28. The number of aromatic nitrogens is 1. The number of hydrogen-bond acceptors (Lipinski definition) is 5. The molecule has 100 valence electrons. The predicted molar refractivity (Wildman–Crippen MR) is 68.9 cm³/mol. The van der Waals surface area contributed by atoms with Crippen molar-refractivity contribution in [3.8, 4) is 6.07 Å². The second kappa shape index (κ2) is 6.86. The number of nitriles is 1. The standard InChI is InChI=1S/C14H17N3O2/c15-6-5-14(18)19-13-4-2-8-17(11-13)10-12-3-1-7-16-9-12/h1,3,7,9,13H,2,4-5,8,10-11H2. The van der Waals surface area contributed by atoms with Gasteiger partial charge in [-0.3, -0.25) is 14.7 Å². The number of hydrogen-bond donors (Lipinski definition) is 0. The van der Waals surface area contributed by atoms with Crippen LogP contribution in [0.2, 0.25) is 0 Å². The summed E-state index contributed by atoms with van der Waals surface area (Å²) in [5, 5.41) is 8.44. The topological polar surface area (TPSA) is 66.2 Å². The Morgan fingerprint density at radius 2 is 2.53 bits per heavy atom. The number of carbonyl (C=O) groups is 1. The highest BCUT2D eigenvalue weighted by Gasteiger charge is 2.22. The Balaban J connectivity index is 1.84. The van der Waals surface area contributed by atoms with Gasteiger partial charge in [-0.05, 0) is 31.0 Å². The average Bonchev–Trinajstić information content (AvgIpc) is 2.40. The summed E-state index contributed by atoms with van der Waals surface area (Å²) in [6.45, 7) is 2.55. The fourth-order valence-electron chi connectivity index (χ4n) is 2.29. The van der Waals surface area contributed by atoms with Gasteiger partial charge in [0, 0.05) is 25.5 Å². The molecule has 1 aromatic heterocycles. The molecule has 0 spiro atoms. The number of rotatable bonds is 4. The van der Waals surface area contributed by atoms with Crippen LogP contribution < -0.4 is 0 Å². The van der Waals surface area contributed by atoms with Crippen LogP contribution in [-0.4, -0.2) is 35.0 Å². The second-order valence-corrected chi connectivity index (χ2v) is 4.69. The first-order chi connectivity index (χ1) is 9.28. The molecule has 5 heteroatoms. The number of likely N-dealkylation sites (tertiary alicyclic amines) is 1. The molecule has 1 aliphatic heterocycles. The lowest BCUT2D eigenvalue weighted by Crippen LogP contribution is -2.40. The third kappa shape index (κ3) is 4.34. The average molecular weight is 259 g/mol. The van der Waals surface area contributed by atoms with E-state index in [0.717, 1.165) is 38.0 Å². The van der Waals surface area contributed by atoms with Crippen molar-refractivity contribution in [2.75, 3.05) is 13.1 Å². The summed E-state index contributed by atoms with van der Waals surface area (Å²) >= 11 is 0. The number of pyridine rings is 1. The lowest BCUT2D eigenvalue weighted by atomic mass is 10.1. The van der Waals surface area contributed by atoms with Gasteiger partial charge >= 0.3 is 5.97 Å². The Morgan fingerprint density at radius 1 is 1.63 bits per heavy atom. The first kappa shape index (κ1) is 13.5. The fourth-order valence-corrected chi connectivity index (χ4v) is 2.29. The monoisotopic (exact) mass is 259 g/mol. The highest BCUT2D eigenvalue weighted by Crippen LogP contribution is 2.16. The summed E-state index contributed by atoms with van der Waals surface area (Å²) in [5.74, 6) is -0.421. The van der Waals surface area contributed by atoms with Gasteiger partial charge in [-0.15, -0.1) is 0 Å². The predicted octanol–water partition coefficient (Wildman–Crippen LogP) is 1.50. The smallest absolute Gasteiger partial charge is 0.320 e. The van der Waals surface area contributed by atoms with Gasteiger partial charge in [-0.1, -0.05) is 6.07 Å². The fraction of sp³-hybridized carbons (Fsp3) is 0.500. The number of esters is 1. The minimum absolute atomic E-state index is 0.0914. The van der Waals surface area contributed by atoms with E-state index in [1.165, 1.54) is 0 Å². The van der Waals surface area contributed by atoms with Crippen molar-refractivity contribution in [1.82, 2.24) is 9.88 Å². The van der Waals surface area contributed by atoms with Crippen molar-refractivity contribution >= 4 is 5.97 Å². The molecule has 0 bridgehead atoms. The van der Waals surface area contributed by atoms with Crippen molar-refractivity contribution < 1.29 is 9.53 Å². The van der Waals surface area contributed by atoms with Gasteiger partial charge in [-0.2, -0.15) is 5.26 Å². The van der Waals surface area contributed by atoms with Crippen LogP contribution in [0.15, 0.2) is 24.5 Å². The van der Waals surface area contributed by atoms with Gasteiger partial charge in [0.1, 0.15) is 12.5 Å². The molecule has 0 aromatic carbocycles. The van der Waals surface area contributed by atoms with Crippen LogP contribution in [0.25, 0.3) is 0 Å². The molecule has 2 heterocycles. The molecule has 0 N–H and O–H groups in total. The van der Waals surface area contributed by atoms with Crippen molar-refractivity contribution in [2.45, 2.75) is 31.9 Å². The van der Waals surface area contributed by atoms with Gasteiger partial charge in [0.25, 0.3) is 0 Å². The van der Waals surface area contributed by atoms with E-state index < -0.39 is 5.97 Å². The third-order valence-corrected chi connectivity index (χ3v) is 3.11. The number of carbonyl (C=O) groups excluding carboxylic acids is 1. The van der Waals surface area contributed by atoms with E-state index in [-0.39, 0.29) is 12.5 Å². The molecule has 2 rings (SSSR count). The quantitative estimate of drug-likeness (QED) is 0.767. The minimum atomic E-state index is -0.421. The SMILES string of the molecule is N#CCC(=O)OC1CCCN(Cc2cccnc2)C1. The Hall–Kier alpha value is -1.93. The van der Waals surface area contributed by atoms with Crippen molar-refractivity contribution in [3.63, 3.8) is 0 Å². The molecule has 1 aromatic rings. The van der Waals surface area contributed by atoms with Crippen LogP contribution in [-0.2, 0) is 16.1 Å². The van der Waals surface area contributed by atoms with Gasteiger partial charge in [0.2, 0.25) is 0 Å². The first-order valence-electron chi connectivity index (χ1n) is 6.45. The molecular weight excluding hydrogens is 242 g/mol. The zero-order valence-electron chi connectivity index (χ0n) is 10.8. The first-order valence-corrected chi connectivity index (χ1v) is 6.45. The van der Waals surface area contributed by atoms with Crippen molar-refractivity contribution in [2.24, 2.45) is 0 Å². The van der Waals surface area contributed by atoms with Crippen molar-refractivity contribution in [1.29, 1.82) is 5.26 Å². The highest BCUT2D eigenvalue weighted by molar-refractivity contribution is 5.71. The van der Waals surface area contributed by atoms with Crippen LogP contribution in [0.4, 0.5) is 0 Å². The summed E-state index contributed by atoms with van der Waals surface area (Å²) in [7, 11) is 0. The maximum absolute atomic E-state index is 11.3. The summed E-state index contributed by atoms with van der Waals surface area (Å²) in [5.41, 5.74) is 1.16. The van der Waals surface area contributed by atoms with E-state index in [1.807, 2.05) is 24.4 Å². The molecular formula is C14H17N3O2. The number of ether oxygens (including phenoxy) is 1. The van der Waals surface area contributed by atoms with Gasteiger partial charge < -0.3 is 4.74 Å². The maximum Gasteiger partial charge on any atom is 0.320 e. The molecule has 1 unspecified atom stereocenters. The van der Waals surface area contributed by atoms with Crippen LogP contribution in [0, 0.1) is 11.3 Å². The van der Waals surface area contributed by atoms with E-state index in [9.17, 15) is 4.79 Å². The summed E-state index contributed by atoms with van der Waals surface area (Å²) in [6.07, 6.45) is 5.23. The molecule has 1 aliphatic rings. The normalized spacial score (nSPS) is 19.6. The molecule has 1 atom stereocenters. The molecule has 0 radical (unpaired) electrons. The van der Waals surface area contributed by atoms with Crippen LogP contribution >= 0.6 is 0 Å². The van der Waals surface area contributed by atoms with Crippen LogP contribution in [0.3, 0.4) is 0 Å². The molecule has 5 nitrogen and oxygen atoms in total. The van der Waals surface area contributed by atoms with Crippen molar-refractivity contribution in [3.05, 3.63) is 30.1 Å². The lowest BCUT2D eigenvalue weighted by molar-refractivity contribution is -0.150. The number of piperidine rings is 1. The lowest BCUT2D eigenvalue weighted by Gasteiger charge is -2.32. The van der Waals surface area contributed by atoms with Gasteiger partial charge in [-0.25, -0.2) is 0 Å². The Kier molecular flexibility index (Phi) is 4.87. The largest absolute Gasteiger partial charge is 0.460 e. The van der Waals surface area contributed by atoms with E-state index in [0.29, 0.717) is 0 Å². The van der Waals surface area contributed by atoms with E-state index in [2.05, 4.69) is 9.88 Å². The summed E-state index contributed by atoms with van der Waals surface area (Å²) in [6, 6.07) is 5.77. The molecule has 1 saturated heterocycles. The Bertz CT molecular complexity index is 456. The zero-order chi connectivity index (χ0) is 13.5. The molecule has 19 heavy (non-hydrogen) atoms. The molecule has 1 fully saturated rings. The summed E-state index contributed by atoms with van der Waals surface area (Å²) in [4.78, 5) is 17.7. The minimum Gasteiger partial charge on any atom is -0.460 e. The van der Waals surface area contributed by atoms with E-state index >= 15 is 0 Å². The number of nitrogens with zero attached hydrogens (tertiary/aromatic N) is 3. The van der Waals surface area contributed by atoms with Gasteiger partial charge in [0.05, 0.1) is 6.07 Å². The molecule has 0 amide bonds. The second-order valence-electron chi connectivity index (χ2n) is 4.69. The third-order valence-electron chi connectivity index (χ3n) is 3.11. The Labute approximate surface area is 112 Å². The molecule has 0 aliphatic carbocycles. The zero-order valence-corrected chi connectivity index (χ0v) is 10.8. The Morgan fingerprint density at radius 3 is 3.26 bits per heavy atom. The highest BCUT2D eigenvalue weighted by atomic mass is 16.5. The van der Waals surface area contributed by atoms with Crippen LogP contribution in [0.5, 0.6) is 0 Å². The van der Waals surface area contributed by atoms with E-state index in [1.54, 1.807) is 6.20 Å². The van der Waals surface area contributed by atoms with Crippen LogP contribution in [0.1, 0.15) is 24.8 Å². The molecule has 0 saturated carbocycles. The van der Waals surface area contributed by atoms with Gasteiger partial charge in [0.15, 0.2) is 0 Å². The maximum atomic E-state index is 11.3.